The zero-order chi connectivity index (χ0) is 31.0. The van der Waals surface area contributed by atoms with Crippen LogP contribution in [0.5, 0.6) is 0 Å². The Morgan fingerprint density at radius 1 is 1.09 bits per heavy atom. The predicted octanol–water partition coefficient (Wildman–Crippen LogP) is 6.61. The molecule has 1 aromatic heterocycles. The molecule has 1 amide bonds. The van der Waals surface area contributed by atoms with Crippen molar-refractivity contribution in [3.05, 3.63) is 63.8 Å². The third-order valence-electron chi connectivity index (χ3n) is 8.48. The molecule has 1 aliphatic heterocycles. The minimum atomic E-state index is -4.03. The van der Waals surface area contributed by atoms with Gasteiger partial charge in [-0.05, 0) is 68.5 Å². The molecule has 3 atom stereocenters. The maximum atomic E-state index is 12.3. The maximum absolute atomic E-state index is 12.3. The molecular weight excluding hydrogens is 629 g/mol. The second-order valence-corrected chi connectivity index (χ2v) is 14.4. The van der Waals surface area contributed by atoms with E-state index in [1.54, 1.807) is 30.3 Å². The van der Waals surface area contributed by atoms with Crippen LogP contribution in [-0.2, 0) is 30.7 Å². The first kappa shape index (κ1) is 30.9. The highest BCUT2D eigenvalue weighted by molar-refractivity contribution is 8.06. The number of ether oxygens (including phenoxy) is 2. The van der Waals surface area contributed by atoms with Crippen LogP contribution < -0.4 is 10.2 Å². The Morgan fingerprint density at radius 2 is 1.82 bits per heavy atom. The Labute approximate surface area is 265 Å². The number of benzene rings is 2. The monoisotopic (exact) mass is 661 g/mol. The highest BCUT2D eigenvalue weighted by Crippen LogP contribution is 2.47. The van der Waals surface area contributed by atoms with Crippen molar-refractivity contribution in [2.75, 3.05) is 29.1 Å². The molecule has 0 spiro atoms. The van der Waals surface area contributed by atoms with Gasteiger partial charge < -0.3 is 24.2 Å². The quantitative estimate of drug-likeness (QED) is 0.178. The minimum Gasteiger partial charge on any atom is -0.466 e. The number of anilines is 2. The number of sulfone groups is 1. The van der Waals surface area contributed by atoms with Crippen LogP contribution in [0.3, 0.4) is 0 Å². The number of carbonyl (C=O) groups excluding carboxylic acids is 2. The molecule has 2 bridgehead atoms. The summed E-state index contributed by atoms with van der Waals surface area (Å²) in [6, 6.07) is 12.9. The van der Waals surface area contributed by atoms with Crippen LogP contribution >= 0.6 is 23.2 Å². The van der Waals surface area contributed by atoms with Crippen molar-refractivity contribution in [3.8, 4) is 11.3 Å². The summed E-state index contributed by atoms with van der Waals surface area (Å²) in [4.78, 5) is 25.5. The Kier molecular flexibility index (Phi) is 8.92. The molecule has 0 unspecified atom stereocenters. The number of hydrogen-bond acceptors (Lipinski definition) is 9. The van der Waals surface area contributed by atoms with Crippen molar-refractivity contribution in [3.63, 3.8) is 0 Å². The van der Waals surface area contributed by atoms with Gasteiger partial charge in [0.15, 0.2) is 0 Å². The number of rotatable bonds is 11. The fourth-order valence-corrected chi connectivity index (χ4v) is 7.69. The van der Waals surface area contributed by atoms with Gasteiger partial charge in [-0.2, -0.15) is 0 Å². The highest BCUT2D eigenvalue weighted by Gasteiger charge is 2.45. The third kappa shape index (κ3) is 6.61. The maximum Gasteiger partial charge on any atom is 0.340 e. The second-order valence-electron chi connectivity index (χ2n) is 11.6. The summed E-state index contributed by atoms with van der Waals surface area (Å²) < 4.78 is 41.6. The van der Waals surface area contributed by atoms with E-state index in [9.17, 15) is 18.0 Å². The van der Waals surface area contributed by atoms with E-state index >= 15 is 0 Å². The number of piperidine rings is 1. The van der Waals surface area contributed by atoms with E-state index in [0.29, 0.717) is 51.5 Å². The summed E-state index contributed by atoms with van der Waals surface area (Å²) in [5.74, 6) is 0.672. The number of fused-ring (bicyclic) bond motifs is 2. The van der Waals surface area contributed by atoms with E-state index in [4.69, 9.17) is 37.2 Å². The number of hydrogen-bond donors (Lipinski definition) is 1. The molecule has 3 aliphatic rings. The summed E-state index contributed by atoms with van der Waals surface area (Å²) in [6.07, 6.45) is 4.16. The van der Waals surface area contributed by atoms with Gasteiger partial charge in [-0.15, -0.1) is 0 Å². The van der Waals surface area contributed by atoms with Crippen molar-refractivity contribution < 1.29 is 32.0 Å². The first-order chi connectivity index (χ1) is 21.1. The van der Waals surface area contributed by atoms with Crippen LogP contribution in [0.25, 0.3) is 11.3 Å². The standard InChI is InChI=1S/C31H33Cl2N3O7S/c1-18(37)41-12-3-13-44(39,40)31(38)34-21-8-10-22(11-9-21)36-16-20-14-23(36)15-27(20)42-17-24-29(35-43-30(24)19-6-7-19)28-25(32)4-2-5-26(28)33/h2,4-5,8-11,19-20,23,27H,3,6-7,12-17H2,1H3,(H,34,38)/t20-,23-,27+/m0/s1. The fraction of sp³-hybridized carbons (Fsp3) is 0.452. The van der Waals surface area contributed by atoms with Gasteiger partial charge in [0.05, 0.1) is 35.1 Å². The summed E-state index contributed by atoms with van der Waals surface area (Å²) in [6.45, 7) is 2.40. The number of amides is 1. The van der Waals surface area contributed by atoms with E-state index in [1.807, 2.05) is 12.1 Å². The number of nitrogens with zero attached hydrogens (tertiary/aromatic N) is 2. The number of esters is 1. The lowest BCUT2D eigenvalue weighted by Gasteiger charge is -2.33. The Morgan fingerprint density at radius 3 is 2.45 bits per heavy atom. The summed E-state index contributed by atoms with van der Waals surface area (Å²) in [5.41, 5.74) is 3.63. The topological polar surface area (TPSA) is 128 Å². The van der Waals surface area contributed by atoms with Gasteiger partial charge >= 0.3 is 11.2 Å². The molecule has 1 N–H and O–H groups in total. The second kappa shape index (κ2) is 12.7. The molecule has 0 radical (unpaired) electrons. The fourth-order valence-electron chi connectivity index (χ4n) is 6.15. The smallest absolute Gasteiger partial charge is 0.340 e. The minimum absolute atomic E-state index is 0.0496. The molecule has 2 heterocycles. The highest BCUT2D eigenvalue weighted by atomic mass is 35.5. The normalized spacial score (nSPS) is 21.1. The zero-order valence-corrected chi connectivity index (χ0v) is 26.5. The van der Waals surface area contributed by atoms with E-state index in [-0.39, 0.29) is 19.1 Å². The molecule has 13 heteroatoms. The van der Waals surface area contributed by atoms with Crippen molar-refractivity contribution in [1.82, 2.24) is 5.16 Å². The van der Waals surface area contributed by atoms with Crippen molar-refractivity contribution in [2.24, 2.45) is 5.92 Å². The lowest BCUT2D eigenvalue weighted by atomic mass is 10.0. The van der Waals surface area contributed by atoms with E-state index in [0.717, 1.165) is 49.2 Å². The van der Waals surface area contributed by atoms with Gasteiger partial charge in [-0.1, -0.05) is 34.4 Å². The Balaban J connectivity index is 1.05. The summed E-state index contributed by atoms with van der Waals surface area (Å²) >= 11 is 13.0. The number of nitrogens with one attached hydrogen (secondary N) is 1. The third-order valence-corrected chi connectivity index (χ3v) is 10.6. The first-order valence-corrected chi connectivity index (χ1v) is 17.1. The predicted molar refractivity (Wildman–Crippen MR) is 167 cm³/mol. The van der Waals surface area contributed by atoms with Gasteiger partial charge in [0.1, 0.15) is 11.5 Å². The summed E-state index contributed by atoms with van der Waals surface area (Å²) in [7, 11) is -4.03. The van der Waals surface area contributed by atoms with Gasteiger partial charge in [0.25, 0.3) is 0 Å². The van der Waals surface area contributed by atoms with E-state index < -0.39 is 26.8 Å². The molecule has 3 fully saturated rings. The molecule has 44 heavy (non-hydrogen) atoms. The molecule has 6 rings (SSSR count). The average molecular weight is 663 g/mol. The molecule has 1 saturated heterocycles. The van der Waals surface area contributed by atoms with Crippen LogP contribution in [0.1, 0.15) is 56.3 Å². The van der Waals surface area contributed by atoms with Crippen LogP contribution in [0, 0.1) is 5.92 Å². The lowest BCUT2D eigenvalue weighted by molar-refractivity contribution is -0.140. The van der Waals surface area contributed by atoms with Gasteiger partial charge in [-0.3, -0.25) is 9.59 Å². The van der Waals surface area contributed by atoms with Gasteiger partial charge in [-0.25, -0.2) is 8.42 Å². The number of halogens is 2. The van der Waals surface area contributed by atoms with Gasteiger partial charge in [0, 0.05) is 53.8 Å². The first-order valence-electron chi connectivity index (χ1n) is 14.7. The summed E-state index contributed by atoms with van der Waals surface area (Å²) in [5, 5.41) is 6.79. The van der Waals surface area contributed by atoms with Crippen LogP contribution in [0.4, 0.5) is 16.2 Å². The molecule has 2 aliphatic carbocycles. The van der Waals surface area contributed by atoms with Crippen LogP contribution in [0.15, 0.2) is 47.0 Å². The Bertz CT molecular complexity index is 1640. The molecule has 3 aromatic rings. The largest absolute Gasteiger partial charge is 0.466 e. The van der Waals surface area contributed by atoms with E-state index in [1.165, 1.54) is 6.92 Å². The van der Waals surface area contributed by atoms with Crippen LogP contribution in [0.2, 0.25) is 10.0 Å². The zero-order valence-electron chi connectivity index (χ0n) is 24.1. The number of carbonyl (C=O) groups is 2. The van der Waals surface area contributed by atoms with Crippen molar-refractivity contribution >= 4 is 55.6 Å². The molecule has 10 nitrogen and oxygen atoms in total. The van der Waals surface area contributed by atoms with Crippen LogP contribution in [-0.4, -0.2) is 55.8 Å². The molecule has 2 aromatic carbocycles. The molecule has 234 valence electrons. The average Bonchev–Trinajstić information content (AvgIpc) is 3.44. The molecular formula is C31H33Cl2N3O7S. The van der Waals surface area contributed by atoms with Gasteiger partial charge in [0.2, 0.25) is 9.84 Å². The van der Waals surface area contributed by atoms with E-state index in [2.05, 4.69) is 15.4 Å². The molecule has 2 saturated carbocycles. The van der Waals surface area contributed by atoms with Crippen molar-refractivity contribution in [1.29, 1.82) is 0 Å². The SMILES string of the molecule is CC(=O)OCCCS(=O)(=O)C(=O)Nc1ccc(N2C[C@@H]3C[C@H]2C[C@H]3OCc2c(-c3c(Cl)cccc3Cl)noc2C2CC2)cc1. The Hall–Kier alpha value is -3.12. The number of aromatic nitrogens is 1. The lowest BCUT2D eigenvalue weighted by Crippen LogP contribution is -2.38. The van der Waals surface area contributed by atoms with Crippen molar-refractivity contribution in [2.45, 2.75) is 63.7 Å².